The van der Waals surface area contributed by atoms with Crippen LogP contribution in [0.15, 0.2) is 35.9 Å². The van der Waals surface area contributed by atoms with Crippen LogP contribution in [0.5, 0.6) is 5.75 Å². The van der Waals surface area contributed by atoms with Crippen LogP contribution < -0.4 is 10.1 Å². The van der Waals surface area contributed by atoms with Crippen molar-refractivity contribution in [2.24, 2.45) is 0 Å². The predicted molar refractivity (Wildman–Crippen MR) is 105 cm³/mol. The van der Waals surface area contributed by atoms with Gasteiger partial charge in [0.1, 0.15) is 22.4 Å². The number of nitrogens with one attached hydrogen (secondary N) is 1. The second-order valence-electron chi connectivity index (χ2n) is 5.60. The monoisotopic (exact) mass is 384 g/mol. The van der Waals surface area contributed by atoms with Gasteiger partial charge >= 0.3 is 5.97 Å². The first-order chi connectivity index (χ1) is 13.0. The summed E-state index contributed by atoms with van der Waals surface area (Å²) in [7, 11) is 1.27. The third-order valence-electron chi connectivity index (χ3n) is 3.53. The minimum atomic E-state index is -0.602. The van der Waals surface area contributed by atoms with Crippen molar-refractivity contribution in [3.63, 3.8) is 0 Å². The molecule has 6 nitrogen and oxygen atoms in total. The Kier molecular flexibility index (Phi) is 7.15. The highest BCUT2D eigenvalue weighted by Gasteiger charge is 2.19. The Morgan fingerprint density at radius 3 is 2.74 bits per heavy atom. The molecule has 27 heavy (non-hydrogen) atoms. The van der Waals surface area contributed by atoms with Crippen LogP contribution >= 0.6 is 11.3 Å². The molecule has 0 fully saturated rings. The molecule has 0 aliphatic heterocycles. The maximum Gasteiger partial charge on any atom is 0.340 e. The van der Waals surface area contributed by atoms with Gasteiger partial charge in [-0.25, -0.2) is 4.79 Å². The summed E-state index contributed by atoms with van der Waals surface area (Å²) in [4.78, 5) is 25.2. The number of methoxy groups -OCH3 is 1. The number of hydrogen-bond acceptors (Lipinski definition) is 6. The summed E-state index contributed by atoms with van der Waals surface area (Å²) in [6.45, 7) is 4.35. The Balaban J connectivity index is 2.29. The molecule has 7 heteroatoms. The zero-order valence-corrected chi connectivity index (χ0v) is 16.2. The van der Waals surface area contributed by atoms with Gasteiger partial charge in [-0.3, -0.25) is 4.79 Å². The average molecular weight is 384 g/mol. The number of ether oxygens (including phenoxy) is 2. The van der Waals surface area contributed by atoms with Gasteiger partial charge in [-0.05, 0) is 31.6 Å². The molecule has 2 aromatic rings. The molecule has 0 atom stereocenters. The van der Waals surface area contributed by atoms with Crippen molar-refractivity contribution in [1.29, 1.82) is 5.26 Å². The molecule has 0 radical (unpaired) electrons. The van der Waals surface area contributed by atoms with Gasteiger partial charge in [0.05, 0.1) is 19.3 Å². The van der Waals surface area contributed by atoms with Gasteiger partial charge in [-0.2, -0.15) is 5.26 Å². The second kappa shape index (κ2) is 9.55. The van der Waals surface area contributed by atoms with E-state index >= 15 is 0 Å². The van der Waals surface area contributed by atoms with Crippen LogP contribution in [0.1, 0.15) is 34.1 Å². The average Bonchev–Trinajstić information content (AvgIpc) is 3.04. The van der Waals surface area contributed by atoms with Crippen molar-refractivity contribution in [1.82, 2.24) is 0 Å². The summed E-state index contributed by atoms with van der Waals surface area (Å²) in [6, 6.07) is 10.7. The van der Waals surface area contributed by atoms with Gasteiger partial charge in [-0.1, -0.05) is 25.1 Å². The molecular weight excluding hydrogens is 364 g/mol. The molecule has 0 aliphatic rings. The van der Waals surface area contributed by atoms with E-state index in [1.807, 2.05) is 26.0 Å². The van der Waals surface area contributed by atoms with E-state index in [1.54, 1.807) is 24.3 Å². The zero-order valence-electron chi connectivity index (χ0n) is 15.4. The lowest BCUT2D eigenvalue weighted by molar-refractivity contribution is -0.112. The lowest BCUT2D eigenvalue weighted by Gasteiger charge is -2.09. The maximum absolute atomic E-state index is 12.6. The minimum absolute atomic E-state index is 0.0931. The second-order valence-corrected chi connectivity index (χ2v) is 6.86. The van der Waals surface area contributed by atoms with Gasteiger partial charge in [-0.15, -0.1) is 11.3 Å². The molecule has 1 heterocycles. The van der Waals surface area contributed by atoms with Crippen LogP contribution in [0.2, 0.25) is 0 Å². The third-order valence-corrected chi connectivity index (χ3v) is 4.50. The van der Waals surface area contributed by atoms with Crippen molar-refractivity contribution in [3.05, 3.63) is 51.9 Å². The largest absolute Gasteiger partial charge is 0.493 e. The number of aryl methyl sites for hydroxylation is 1. The van der Waals surface area contributed by atoms with E-state index in [0.29, 0.717) is 22.9 Å². The van der Waals surface area contributed by atoms with Gasteiger partial charge < -0.3 is 14.8 Å². The summed E-state index contributed by atoms with van der Waals surface area (Å²) in [5.74, 6) is -0.549. The van der Waals surface area contributed by atoms with Crippen LogP contribution in [-0.2, 0) is 9.53 Å². The van der Waals surface area contributed by atoms with Crippen LogP contribution in [0.25, 0.3) is 6.08 Å². The molecule has 0 spiro atoms. The molecule has 0 bridgehead atoms. The van der Waals surface area contributed by atoms with E-state index in [-0.39, 0.29) is 11.1 Å². The molecular formula is C20H20N2O4S. The molecule has 1 aromatic heterocycles. The quantitative estimate of drug-likeness (QED) is 0.439. The highest BCUT2D eigenvalue weighted by molar-refractivity contribution is 7.16. The zero-order chi connectivity index (χ0) is 19.8. The van der Waals surface area contributed by atoms with E-state index < -0.39 is 11.9 Å². The van der Waals surface area contributed by atoms with E-state index in [9.17, 15) is 14.9 Å². The molecule has 2 rings (SSSR count). The molecule has 140 valence electrons. The normalized spacial score (nSPS) is 10.8. The number of nitrogens with zero attached hydrogens (tertiary/aromatic N) is 1. The fraction of sp³-hybridized carbons (Fsp3) is 0.250. The molecule has 1 N–H and O–H groups in total. The summed E-state index contributed by atoms with van der Waals surface area (Å²) >= 11 is 1.24. The highest BCUT2D eigenvalue weighted by Crippen LogP contribution is 2.29. The number of rotatable bonds is 7. The number of nitriles is 1. The molecule has 0 saturated carbocycles. The van der Waals surface area contributed by atoms with Crippen molar-refractivity contribution < 1.29 is 19.1 Å². The molecule has 0 unspecified atom stereocenters. The summed E-state index contributed by atoms with van der Waals surface area (Å²) in [5.41, 5.74) is 0.801. The fourth-order valence-corrected chi connectivity index (χ4v) is 3.18. The smallest absolute Gasteiger partial charge is 0.340 e. The molecule has 1 amide bonds. The predicted octanol–water partition coefficient (Wildman–Crippen LogP) is 4.18. The Morgan fingerprint density at radius 1 is 1.33 bits per heavy atom. The third kappa shape index (κ3) is 5.19. The lowest BCUT2D eigenvalue weighted by atomic mass is 10.1. The van der Waals surface area contributed by atoms with Gasteiger partial charge in [0, 0.05) is 10.4 Å². The van der Waals surface area contributed by atoms with Gasteiger partial charge in [0.2, 0.25) is 0 Å². The number of esters is 1. The SMILES string of the molecule is CCCOc1ccccc1/C=C(\C#N)C(=O)Nc1sc(C)cc1C(=O)OC. The highest BCUT2D eigenvalue weighted by atomic mass is 32.1. The number of anilines is 1. The number of benzene rings is 1. The number of para-hydroxylation sites is 1. The van der Waals surface area contributed by atoms with Crippen molar-refractivity contribution in [2.75, 3.05) is 19.0 Å². The number of hydrogen-bond donors (Lipinski definition) is 1. The molecule has 1 aromatic carbocycles. The van der Waals surface area contributed by atoms with Crippen molar-refractivity contribution in [3.8, 4) is 11.8 Å². The van der Waals surface area contributed by atoms with Crippen molar-refractivity contribution in [2.45, 2.75) is 20.3 Å². The van der Waals surface area contributed by atoms with E-state index in [2.05, 4.69) is 5.32 Å². The van der Waals surface area contributed by atoms with Gasteiger partial charge in [0.25, 0.3) is 5.91 Å². The number of thiophene rings is 1. The fourth-order valence-electron chi connectivity index (χ4n) is 2.29. The Morgan fingerprint density at radius 2 is 2.07 bits per heavy atom. The van der Waals surface area contributed by atoms with Crippen LogP contribution in [0.4, 0.5) is 5.00 Å². The first-order valence-electron chi connectivity index (χ1n) is 8.33. The van der Waals surface area contributed by atoms with Crippen LogP contribution in [0, 0.1) is 18.3 Å². The Labute approximate surface area is 162 Å². The first kappa shape index (κ1) is 20.2. The van der Waals surface area contributed by atoms with Crippen molar-refractivity contribution >= 4 is 34.3 Å². The number of carbonyl (C=O) groups excluding carboxylic acids is 2. The van der Waals surface area contributed by atoms with E-state index in [0.717, 1.165) is 11.3 Å². The molecule has 0 saturated heterocycles. The Bertz CT molecular complexity index is 909. The van der Waals surface area contributed by atoms with Gasteiger partial charge in [0.15, 0.2) is 0 Å². The Hall–Kier alpha value is -3.11. The van der Waals surface area contributed by atoms with E-state index in [4.69, 9.17) is 9.47 Å². The standard InChI is InChI=1S/C20H20N2O4S/c1-4-9-26-17-8-6-5-7-14(17)11-15(12-21)18(23)22-19-16(20(24)25-3)10-13(2)27-19/h5-8,10-11H,4,9H2,1-3H3,(H,22,23)/b15-11+. The number of carbonyl (C=O) groups is 2. The minimum Gasteiger partial charge on any atom is -0.493 e. The maximum atomic E-state index is 12.6. The summed E-state index contributed by atoms with van der Waals surface area (Å²) < 4.78 is 10.4. The lowest BCUT2D eigenvalue weighted by Crippen LogP contribution is -2.15. The topological polar surface area (TPSA) is 88.4 Å². The first-order valence-corrected chi connectivity index (χ1v) is 9.15. The van der Waals surface area contributed by atoms with E-state index in [1.165, 1.54) is 24.5 Å². The summed E-state index contributed by atoms with van der Waals surface area (Å²) in [6.07, 6.45) is 2.32. The van der Waals surface area contributed by atoms with Crippen LogP contribution in [-0.4, -0.2) is 25.6 Å². The number of amides is 1. The summed E-state index contributed by atoms with van der Waals surface area (Å²) in [5, 5.41) is 12.4. The van der Waals surface area contributed by atoms with Crippen LogP contribution in [0.3, 0.4) is 0 Å². The molecule has 0 aliphatic carbocycles.